The monoisotopic (exact) mass is 335 g/mol. The van der Waals surface area contributed by atoms with Gasteiger partial charge in [0.2, 0.25) is 0 Å². The lowest BCUT2D eigenvalue weighted by Crippen LogP contribution is -2.48. The molecule has 20 heavy (non-hydrogen) atoms. The Labute approximate surface area is 134 Å². The number of benzene rings is 1. The van der Waals surface area contributed by atoms with Crippen LogP contribution in [0.2, 0.25) is 10.0 Å². The van der Waals surface area contributed by atoms with Crippen LogP contribution in [0.5, 0.6) is 0 Å². The molecule has 112 valence electrons. The topological polar surface area (TPSA) is 32.7 Å². The number of thioether (sulfide) groups is 1. The van der Waals surface area contributed by atoms with E-state index in [0.29, 0.717) is 5.02 Å². The Kier molecular flexibility index (Phi) is 6.46. The highest BCUT2D eigenvalue weighted by atomic mass is 35.5. The molecule has 1 aliphatic heterocycles. The molecule has 6 heteroatoms. The maximum absolute atomic E-state index is 9.21. The number of nitrogens with zero attached hydrogens (tertiary/aromatic N) is 1. The van der Waals surface area contributed by atoms with Crippen LogP contribution in [-0.2, 0) is 4.74 Å². The zero-order valence-electron chi connectivity index (χ0n) is 11.4. The molecular weight excluding hydrogens is 317 g/mol. The van der Waals surface area contributed by atoms with Crippen molar-refractivity contribution in [1.82, 2.24) is 4.90 Å². The van der Waals surface area contributed by atoms with Crippen LogP contribution in [0.4, 0.5) is 0 Å². The Bertz CT molecular complexity index is 447. The van der Waals surface area contributed by atoms with Crippen molar-refractivity contribution in [2.24, 2.45) is 0 Å². The molecule has 1 aromatic carbocycles. The van der Waals surface area contributed by atoms with E-state index >= 15 is 0 Å². The minimum Gasteiger partial charge on any atom is -0.394 e. The third-order valence-electron chi connectivity index (χ3n) is 3.16. The third kappa shape index (κ3) is 4.79. The van der Waals surface area contributed by atoms with E-state index in [4.69, 9.17) is 27.9 Å². The van der Waals surface area contributed by atoms with Gasteiger partial charge in [-0.2, -0.15) is 0 Å². The van der Waals surface area contributed by atoms with Crippen molar-refractivity contribution in [3.05, 3.63) is 28.2 Å². The molecule has 0 saturated carbocycles. The minimum absolute atomic E-state index is 0.0708. The first-order valence-electron chi connectivity index (χ1n) is 6.65. The summed E-state index contributed by atoms with van der Waals surface area (Å²) in [5.74, 6) is 0.935. The Balaban J connectivity index is 1.81. The summed E-state index contributed by atoms with van der Waals surface area (Å²) in [5, 5.41) is 10.7. The molecule has 0 amide bonds. The molecule has 1 saturated heterocycles. The second kappa shape index (κ2) is 7.87. The fourth-order valence-electron chi connectivity index (χ4n) is 2.30. The lowest BCUT2D eigenvalue weighted by atomic mass is 10.2. The van der Waals surface area contributed by atoms with Crippen LogP contribution in [0, 0.1) is 0 Å². The molecule has 0 spiro atoms. The van der Waals surface area contributed by atoms with Gasteiger partial charge in [0, 0.05) is 35.3 Å². The maximum atomic E-state index is 9.21. The highest BCUT2D eigenvalue weighted by Crippen LogP contribution is 2.29. The molecule has 1 aliphatic rings. The van der Waals surface area contributed by atoms with Crippen LogP contribution in [-0.4, -0.2) is 54.2 Å². The zero-order chi connectivity index (χ0) is 14.5. The number of aliphatic hydroxyl groups is 1. The Morgan fingerprint density at radius 2 is 2.20 bits per heavy atom. The highest BCUT2D eigenvalue weighted by molar-refractivity contribution is 7.99. The smallest absolute Gasteiger partial charge is 0.0936 e. The quantitative estimate of drug-likeness (QED) is 0.838. The van der Waals surface area contributed by atoms with Gasteiger partial charge in [0.05, 0.1) is 23.8 Å². The molecule has 0 aromatic heterocycles. The van der Waals surface area contributed by atoms with Crippen molar-refractivity contribution >= 4 is 35.0 Å². The van der Waals surface area contributed by atoms with Gasteiger partial charge in [-0.05, 0) is 25.1 Å². The van der Waals surface area contributed by atoms with Crippen molar-refractivity contribution in [3.63, 3.8) is 0 Å². The SMILES string of the molecule is CC1CN(CCSc2cc(Cl)ccc2Cl)CC(CO)O1. The minimum atomic E-state index is -0.0708. The summed E-state index contributed by atoms with van der Waals surface area (Å²) in [7, 11) is 0. The van der Waals surface area contributed by atoms with Crippen LogP contribution in [0.3, 0.4) is 0 Å². The average Bonchev–Trinajstić information content (AvgIpc) is 2.42. The van der Waals surface area contributed by atoms with E-state index in [1.165, 1.54) is 0 Å². The number of halogens is 2. The van der Waals surface area contributed by atoms with Crippen molar-refractivity contribution in [2.75, 3.05) is 32.0 Å². The van der Waals surface area contributed by atoms with Gasteiger partial charge in [0.15, 0.2) is 0 Å². The molecule has 0 radical (unpaired) electrons. The molecular formula is C14H19Cl2NO2S. The summed E-state index contributed by atoms with van der Waals surface area (Å²) < 4.78 is 5.63. The van der Waals surface area contributed by atoms with Crippen molar-refractivity contribution in [2.45, 2.75) is 24.0 Å². The Morgan fingerprint density at radius 1 is 1.40 bits per heavy atom. The molecule has 2 atom stereocenters. The molecule has 0 aliphatic carbocycles. The van der Waals surface area contributed by atoms with Gasteiger partial charge < -0.3 is 9.84 Å². The largest absolute Gasteiger partial charge is 0.394 e. The second-order valence-corrected chi connectivity index (χ2v) is 6.91. The van der Waals surface area contributed by atoms with Gasteiger partial charge in [0.1, 0.15) is 0 Å². The van der Waals surface area contributed by atoms with E-state index in [-0.39, 0.29) is 18.8 Å². The zero-order valence-corrected chi connectivity index (χ0v) is 13.7. The summed E-state index contributed by atoms with van der Waals surface area (Å²) >= 11 is 13.8. The number of aliphatic hydroxyl groups excluding tert-OH is 1. The van der Waals surface area contributed by atoms with E-state index in [1.807, 2.05) is 19.1 Å². The normalized spacial score (nSPS) is 24.0. The van der Waals surface area contributed by atoms with E-state index < -0.39 is 0 Å². The lowest BCUT2D eigenvalue weighted by molar-refractivity contribution is -0.0935. The summed E-state index contributed by atoms with van der Waals surface area (Å²) in [6.45, 7) is 4.74. The number of ether oxygens (including phenoxy) is 1. The second-order valence-electron chi connectivity index (χ2n) is 4.93. The average molecular weight is 336 g/mol. The molecule has 1 aromatic rings. The third-order valence-corrected chi connectivity index (χ3v) is 4.88. The van der Waals surface area contributed by atoms with Crippen LogP contribution < -0.4 is 0 Å². The fourth-order valence-corrected chi connectivity index (χ4v) is 3.80. The van der Waals surface area contributed by atoms with E-state index in [1.54, 1.807) is 17.8 Å². The maximum Gasteiger partial charge on any atom is 0.0936 e. The summed E-state index contributed by atoms with van der Waals surface area (Å²) in [6, 6.07) is 5.52. The first-order valence-corrected chi connectivity index (χ1v) is 8.39. The fraction of sp³-hybridized carbons (Fsp3) is 0.571. The molecule has 1 N–H and O–H groups in total. The van der Waals surface area contributed by atoms with E-state index in [2.05, 4.69) is 4.90 Å². The van der Waals surface area contributed by atoms with Gasteiger partial charge in [-0.25, -0.2) is 0 Å². The van der Waals surface area contributed by atoms with Gasteiger partial charge in [-0.3, -0.25) is 4.90 Å². The molecule has 1 heterocycles. The number of rotatable bonds is 5. The number of morpholine rings is 1. The standard InChI is InChI=1S/C14H19Cl2NO2S/c1-10-7-17(8-12(9-18)19-10)4-5-20-14-6-11(15)2-3-13(14)16/h2-3,6,10,12,18H,4-5,7-9H2,1H3. The Morgan fingerprint density at radius 3 is 2.95 bits per heavy atom. The van der Waals surface area contributed by atoms with Crippen LogP contribution in [0.15, 0.2) is 23.1 Å². The molecule has 1 fully saturated rings. The number of hydrogen-bond donors (Lipinski definition) is 1. The van der Waals surface area contributed by atoms with E-state index in [9.17, 15) is 5.11 Å². The summed E-state index contributed by atoms with van der Waals surface area (Å²) in [4.78, 5) is 3.33. The molecule has 2 unspecified atom stereocenters. The molecule has 2 rings (SSSR count). The van der Waals surface area contributed by atoms with Crippen LogP contribution in [0.1, 0.15) is 6.92 Å². The first kappa shape index (κ1) is 16.4. The van der Waals surface area contributed by atoms with Gasteiger partial charge in [-0.15, -0.1) is 11.8 Å². The molecule has 0 bridgehead atoms. The van der Waals surface area contributed by atoms with Crippen molar-refractivity contribution < 1.29 is 9.84 Å². The van der Waals surface area contributed by atoms with Gasteiger partial charge >= 0.3 is 0 Å². The predicted octanol–water partition coefficient (Wildman–Crippen LogP) is 3.17. The van der Waals surface area contributed by atoms with Crippen molar-refractivity contribution in [3.8, 4) is 0 Å². The lowest BCUT2D eigenvalue weighted by Gasteiger charge is -2.35. The van der Waals surface area contributed by atoms with Gasteiger partial charge in [-0.1, -0.05) is 23.2 Å². The first-order chi connectivity index (χ1) is 9.58. The molecule has 3 nitrogen and oxygen atoms in total. The summed E-state index contributed by atoms with van der Waals surface area (Å²) in [5.41, 5.74) is 0. The van der Waals surface area contributed by atoms with Gasteiger partial charge in [0.25, 0.3) is 0 Å². The number of hydrogen-bond acceptors (Lipinski definition) is 4. The summed E-state index contributed by atoms with van der Waals surface area (Å²) in [6.07, 6.45) is 0.0964. The predicted molar refractivity (Wildman–Crippen MR) is 85.0 cm³/mol. The van der Waals surface area contributed by atoms with E-state index in [0.717, 1.165) is 35.3 Å². The highest BCUT2D eigenvalue weighted by Gasteiger charge is 2.24. The van der Waals surface area contributed by atoms with Crippen molar-refractivity contribution in [1.29, 1.82) is 0 Å². The Hall–Kier alpha value is 0.0300. The van der Waals surface area contributed by atoms with Crippen LogP contribution in [0.25, 0.3) is 0 Å². The van der Waals surface area contributed by atoms with Crippen LogP contribution >= 0.6 is 35.0 Å².